The first-order valence-corrected chi connectivity index (χ1v) is 12.0. The van der Waals surface area contributed by atoms with E-state index in [1.165, 1.54) is 0 Å². The molecule has 0 N–H and O–H groups in total. The van der Waals surface area contributed by atoms with Crippen molar-refractivity contribution in [2.24, 2.45) is 0 Å². The molecule has 0 aromatic heterocycles. The van der Waals surface area contributed by atoms with Gasteiger partial charge in [0.15, 0.2) is 6.10 Å². The summed E-state index contributed by atoms with van der Waals surface area (Å²) in [6.45, 7) is -0.182. The van der Waals surface area contributed by atoms with E-state index in [-0.39, 0.29) is 13.2 Å². The highest BCUT2D eigenvalue weighted by atomic mass is 16.6. The lowest BCUT2D eigenvalue weighted by molar-refractivity contribution is -0.0253. The SMILES string of the molecule is O=C(OCC(COC(=O)c1ccc(OCc2ccccc2)cc1)OC(=O)c1ccccc1)c1ccccc1. The molecule has 0 aliphatic rings. The Morgan fingerprint density at radius 1 is 0.526 bits per heavy atom. The summed E-state index contributed by atoms with van der Waals surface area (Å²) in [6, 6.07) is 33.1. The average Bonchev–Trinajstić information content (AvgIpc) is 2.98. The number of ether oxygens (including phenoxy) is 4. The van der Waals surface area contributed by atoms with Crippen LogP contribution in [0, 0.1) is 0 Å². The van der Waals surface area contributed by atoms with Crippen molar-refractivity contribution in [3.05, 3.63) is 138 Å². The minimum atomic E-state index is -1.01. The number of rotatable bonds is 11. The Bertz CT molecular complexity index is 1320. The molecule has 7 heteroatoms. The van der Waals surface area contributed by atoms with E-state index in [0.29, 0.717) is 29.0 Å². The highest BCUT2D eigenvalue weighted by Gasteiger charge is 2.21. The summed E-state index contributed by atoms with van der Waals surface area (Å²) in [5, 5.41) is 0. The van der Waals surface area contributed by atoms with Gasteiger partial charge in [-0.2, -0.15) is 0 Å². The fourth-order valence-corrected chi connectivity index (χ4v) is 3.42. The van der Waals surface area contributed by atoms with Crippen LogP contribution in [0.3, 0.4) is 0 Å². The van der Waals surface area contributed by atoms with Crippen molar-refractivity contribution in [2.45, 2.75) is 12.7 Å². The molecule has 38 heavy (non-hydrogen) atoms. The van der Waals surface area contributed by atoms with Gasteiger partial charge < -0.3 is 18.9 Å². The first-order valence-electron chi connectivity index (χ1n) is 12.0. The molecule has 0 spiro atoms. The first-order chi connectivity index (χ1) is 18.6. The molecule has 0 saturated carbocycles. The third-order valence-electron chi connectivity index (χ3n) is 5.43. The smallest absolute Gasteiger partial charge is 0.338 e. The van der Waals surface area contributed by atoms with Crippen molar-refractivity contribution in [1.29, 1.82) is 0 Å². The zero-order valence-electron chi connectivity index (χ0n) is 20.5. The molecule has 0 aliphatic carbocycles. The molecular weight excluding hydrogens is 484 g/mol. The molecule has 4 aromatic carbocycles. The molecular formula is C31H26O7. The monoisotopic (exact) mass is 510 g/mol. The summed E-state index contributed by atoms with van der Waals surface area (Å²) in [7, 11) is 0. The summed E-state index contributed by atoms with van der Waals surface area (Å²) in [5.74, 6) is -1.21. The zero-order valence-corrected chi connectivity index (χ0v) is 20.5. The van der Waals surface area contributed by atoms with Crippen LogP contribution >= 0.6 is 0 Å². The number of carbonyl (C=O) groups is 3. The van der Waals surface area contributed by atoms with Gasteiger partial charge in [0.05, 0.1) is 16.7 Å². The van der Waals surface area contributed by atoms with E-state index < -0.39 is 24.0 Å². The highest BCUT2D eigenvalue weighted by Crippen LogP contribution is 2.16. The van der Waals surface area contributed by atoms with Crippen molar-refractivity contribution >= 4 is 17.9 Å². The molecule has 4 aromatic rings. The predicted molar refractivity (Wildman–Crippen MR) is 140 cm³/mol. The van der Waals surface area contributed by atoms with Crippen LogP contribution in [0.25, 0.3) is 0 Å². The Morgan fingerprint density at radius 3 is 1.50 bits per heavy atom. The average molecular weight is 511 g/mol. The second-order valence-corrected chi connectivity index (χ2v) is 8.25. The summed E-state index contributed by atoms with van der Waals surface area (Å²) < 4.78 is 21.9. The normalized spacial score (nSPS) is 11.2. The summed E-state index contributed by atoms with van der Waals surface area (Å²) in [5.41, 5.74) is 2.00. The maximum Gasteiger partial charge on any atom is 0.338 e. The molecule has 0 bridgehead atoms. The van der Waals surface area contributed by atoms with Crippen molar-refractivity contribution in [3.8, 4) is 5.75 Å². The van der Waals surface area contributed by atoms with Gasteiger partial charge >= 0.3 is 17.9 Å². The fraction of sp³-hybridized carbons (Fsp3) is 0.129. The van der Waals surface area contributed by atoms with Gasteiger partial charge in [0.25, 0.3) is 0 Å². The standard InChI is InChI=1S/C31H26O7/c32-29(24-12-6-2-7-13-24)36-21-28(38-31(34)25-14-8-3-9-15-25)22-37-30(33)26-16-18-27(19-17-26)35-20-23-10-4-1-5-11-23/h1-19,28H,20-22H2. The summed E-state index contributed by atoms with van der Waals surface area (Å²) in [6.07, 6.45) is -1.01. The van der Waals surface area contributed by atoms with Crippen LogP contribution in [-0.4, -0.2) is 37.2 Å². The molecule has 0 amide bonds. The lowest BCUT2D eigenvalue weighted by Crippen LogP contribution is -2.31. The number of benzene rings is 4. The third kappa shape index (κ3) is 7.80. The summed E-state index contributed by atoms with van der Waals surface area (Å²) in [4.78, 5) is 37.6. The van der Waals surface area contributed by atoms with E-state index in [0.717, 1.165) is 5.56 Å². The minimum Gasteiger partial charge on any atom is -0.489 e. The van der Waals surface area contributed by atoms with Gasteiger partial charge in [-0.05, 0) is 54.1 Å². The fourth-order valence-electron chi connectivity index (χ4n) is 3.42. The Kier molecular flexibility index (Phi) is 9.23. The van der Waals surface area contributed by atoms with Crippen LogP contribution in [0.15, 0.2) is 115 Å². The van der Waals surface area contributed by atoms with Crippen molar-refractivity contribution in [1.82, 2.24) is 0 Å². The van der Waals surface area contributed by atoms with E-state index >= 15 is 0 Å². The number of hydrogen-bond acceptors (Lipinski definition) is 7. The van der Waals surface area contributed by atoms with Crippen LogP contribution in [0.1, 0.15) is 36.6 Å². The molecule has 4 rings (SSSR count). The van der Waals surface area contributed by atoms with Gasteiger partial charge in [-0.3, -0.25) is 0 Å². The predicted octanol–water partition coefficient (Wildman–Crippen LogP) is 5.51. The lowest BCUT2D eigenvalue weighted by Gasteiger charge is -2.18. The number of carbonyl (C=O) groups excluding carboxylic acids is 3. The Morgan fingerprint density at radius 2 is 0.974 bits per heavy atom. The maximum absolute atomic E-state index is 12.6. The van der Waals surface area contributed by atoms with E-state index in [2.05, 4.69) is 0 Å². The molecule has 7 nitrogen and oxygen atoms in total. The second kappa shape index (κ2) is 13.4. The van der Waals surface area contributed by atoms with Gasteiger partial charge in [-0.15, -0.1) is 0 Å². The van der Waals surface area contributed by atoms with Crippen molar-refractivity contribution in [2.75, 3.05) is 13.2 Å². The molecule has 0 saturated heterocycles. The topological polar surface area (TPSA) is 88.1 Å². The molecule has 0 aliphatic heterocycles. The third-order valence-corrected chi connectivity index (χ3v) is 5.43. The van der Waals surface area contributed by atoms with Crippen LogP contribution in [0.2, 0.25) is 0 Å². The molecule has 192 valence electrons. The molecule has 0 radical (unpaired) electrons. The van der Waals surface area contributed by atoms with Crippen LogP contribution in [0.4, 0.5) is 0 Å². The van der Waals surface area contributed by atoms with Gasteiger partial charge in [0, 0.05) is 0 Å². The van der Waals surface area contributed by atoms with Gasteiger partial charge in [-0.25, -0.2) is 14.4 Å². The lowest BCUT2D eigenvalue weighted by atomic mass is 10.2. The Labute approximate surface area is 220 Å². The largest absolute Gasteiger partial charge is 0.489 e. The first kappa shape index (κ1) is 26.2. The van der Waals surface area contributed by atoms with Gasteiger partial charge in [-0.1, -0.05) is 66.7 Å². The molecule has 0 heterocycles. The Hall–Kier alpha value is -4.91. The maximum atomic E-state index is 12.6. The molecule has 1 atom stereocenters. The van der Waals surface area contributed by atoms with Crippen molar-refractivity contribution in [3.63, 3.8) is 0 Å². The Balaban J connectivity index is 1.34. The van der Waals surface area contributed by atoms with Crippen LogP contribution in [0.5, 0.6) is 5.75 Å². The summed E-state index contributed by atoms with van der Waals surface area (Å²) >= 11 is 0. The highest BCUT2D eigenvalue weighted by molar-refractivity contribution is 5.91. The molecule has 0 fully saturated rings. The van der Waals surface area contributed by atoms with Crippen molar-refractivity contribution < 1.29 is 33.3 Å². The van der Waals surface area contributed by atoms with E-state index in [1.807, 2.05) is 30.3 Å². The van der Waals surface area contributed by atoms with E-state index in [4.69, 9.17) is 18.9 Å². The van der Waals surface area contributed by atoms with Crippen LogP contribution in [-0.2, 0) is 20.8 Å². The van der Waals surface area contributed by atoms with Gasteiger partial charge in [0.2, 0.25) is 0 Å². The quantitative estimate of drug-likeness (QED) is 0.194. The molecule has 1 unspecified atom stereocenters. The number of hydrogen-bond donors (Lipinski definition) is 0. The minimum absolute atomic E-state index is 0.286. The van der Waals surface area contributed by atoms with E-state index in [1.54, 1.807) is 84.9 Å². The second-order valence-electron chi connectivity index (χ2n) is 8.25. The van der Waals surface area contributed by atoms with Gasteiger partial charge in [0.1, 0.15) is 25.6 Å². The number of esters is 3. The zero-order chi connectivity index (χ0) is 26.6. The van der Waals surface area contributed by atoms with Crippen LogP contribution < -0.4 is 4.74 Å². The van der Waals surface area contributed by atoms with E-state index in [9.17, 15) is 14.4 Å².